The molecule has 1 amide bonds. The summed E-state index contributed by atoms with van der Waals surface area (Å²) >= 11 is 0. The number of hydrogen-bond acceptors (Lipinski definition) is 11. The lowest BCUT2D eigenvalue weighted by Crippen LogP contribution is -2.64. The molecule has 0 aromatic rings. The summed E-state index contributed by atoms with van der Waals surface area (Å²) in [5, 5.41) is 74.1. The van der Waals surface area contributed by atoms with E-state index in [0.717, 1.165) is 57.8 Å². The molecule has 0 radical (unpaired) electrons. The highest BCUT2D eigenvalue weighted by molar-refractivity contribution is 7.47. The number of carbonyl (C=O) groups excluding carboxylic acids is 1. The molecular weight excluding hydrogens is 741 g/mol. The van der Waals surface area contributed by atoms with Gasteiger partial charge in [-0.25, -0.2) is 4.57 Å². The van der Waals surface area contributed by atoms with Gasteiger partial charge in [-0.1, -0.05) is 174 Å². The Balaban J connectivity index is 2.46. The van der Waals surface area contributed by atoms with Crippen molar-refractivity contribution in [2.75, 3.05) is 6.61 Å². The van der Waals surface area contributed by atoms with E-state index in [1.165, 1.54) is 102 Å². The third kappa shape index (κ3) is 24.8. The van der Waals surface area contributed by atoms with Gasteiger partial charge in [-0.05, 0) is 19.3 Å². The Morgan fingerprint density at radius 1 is 0.625 bits per heavy atom. The zero-order chi connectivity index (χ0) is 41.6. The first-order chi connectivity index (χ1) is 26.8. The SMILES string of the molecule is CCCCCCCC/C=C/C(O)C(COP(=O)(O)OC1C(O)C(O)C(O)C(O)C1O)NC(=O)CC(O)CCCCCCCCCCCCCCCCCCCC. The molecule has 0 aliphatic heterocycles. The summed E-state index contributed by atoms with van der Waals surface area (Å²) in [7, 11) is -5.13. The normalized spacial score (nSPS) is 24.2. The van der Waals surface area contributed by atoms with Crippen molar-refractivity contribution in [1.29, 1.82) is 0 Å². The van der Waals surface area contributed by atoms with Crippen molar-refractivity contribution in [3.05, 3.63) is 12.2 Å². The Labute approximate surface area is 338 Å². The molecule has 13 nitrogen and oxygen atoms in total. The van der Waals surface area contributed by atoms with Gasteiger partial charge in [-0.15, -0.1) is 0 Å². The van der Waals surface area contributed by atoms with E-state index in [1.54, 1.807) is 6.08 Å². The van der Waals surface area contributed by atoms with Crippen LogP contribution in [-0.2, 0) is 18.4 Å². The van der Waals surface area contributed by atoms with Crippen LogP contribution >= 0.6 is 7.82 Å². The van der Waals surface area contributed by atoms with Gasteiger partial charge in [0.1, 0.15) is 36.6 Å². The average molecular weight is 824 g/mol. The van der Waals surface area contributed by atoms with Crippen molar-refractivity contribution in [3.8, 4) is 0 Å². The molecule has 8 atom stereocenters. The van der Waals surface area contributed by atoms with Crippen LogP contribution in [-0.4, -0.2) is 108 Å². The topological polar surface area (TPSA) is 226 Å². The smallest absolute Gasteiger partial charge is 0.393 e. The molecule has 0 saturated heterocycles. The molecule has 1 rings (SSSR count). The van der Waals surface area contributed by atoms with Gasteiger partial charge in [0.05, 0.1) is 31.3 Å². The van der Waals surface area contributed by atoms with Crippen molar-refractivity contribution in [3.63, 3.8) is 0 Å². The van der Waals surface area contributed by atoms with Gasteiger partial charge in [0.25, 0.3) is 0 Å². The highest BCUT2D eigenvalue weighted by Gasteiger charge is 2.51. The highest BCUT2D eigenvalue weighted by atomic mass is 31.2. The lowest BCUT2D eigenvalue weighted by atomic mass is 9.85. The minimum Gasteiger partial charge on any atom is -0.393 e. The number of carbonyl (C=O) groups is 1. The summed E-state index contributed by atoms with van der Waals surface area (Å²) in [5.41, 5.74) is 0. The second kappa shape index (κ2) is 32.8. The number of amides is 1. The van der Waals surface area contributed by atoms with Crippen molar-refractivity contribution in [1.82, 2.24) is 5.32 Å². The Hall–Kier alpha value is -0.960. The number of aliphatic hydroxyl groups is 7. The van der Waals surface area contributed by atoms with Crippen LogP contribution < -0.4 is 5.32 Å². The predicted molar refractivity (Wildman–Crippen MR) is 220 cm³/mol. The summed E-state index contributed by atoms with van der Waals surface area (Å²) < 4.78 is 22.7. The molecule has 1 saturated carbocycles. The Bertz CT molecular complexity index is 1020. The van der Waals surface area contributed by atoms with Crippen molar-refractivity contribution in [2.45, 2.75) is 242 Å². The summed E-state index contributed by atoms with van der Waals surface area (Å²) in [4.78, 5) is 23.3. The van der Waals surface area contributed by atoms with Gasteiger partial charge in [0, 0.05) is 0 Å². The van der Waals surface area contributed by atoms with E-state index < -0.39 is 75.2 Å². The molecule has 1 fully saturated rings. The number of nitrogens with one attached hydrogen (secondary N) is 1. The van der Waals surface area contributed by atoms with Crippen molar-refractivity contribution in [2.24, 2.45) is 0 Å². The fourth-order valence-corrected chi connectivity index (χ4v) is 8.15. The molecule has 0 bridgehead atoms. The van der Waals surface area contributed by atoms with Crippen LogP contribution in [0.2, 0.25) is 0 Å². The van der Waals surface area contributed by atoms with Crippen LogP contribution in [0.1, 0.15) is 187 Å². The Morgan fingerprint density at radius 2 is 1.02 bits per heavy atom. The van der Waals surface area contributed by atoms with Crippen LogP contribution in [0.15, 0.2) is 12.2 Å². The second-order valence-electron chi connectivity index (χ2n) is 16.1. The van der Waals surface area contributed by atoms with Gasteiger partial charge in [0.15, 0.2) is 0 Å². The fraction of sp³-hybridized carbons (Fsp3) is 0.929. The van der Waals surface area contributed by atoms with Gasteiger partial charge >= 0.3 is 7.82 Å². The maximum Gasteiger partial charge on any atom is 0.472 e. The number of phosphoric ester groups is 1. The molecule has 0 aromatic heterocycles. The molecule has 0 aromatic carbocycles. The van der Waals surface area contributed by atoms with E-state index in [9.17, 15) is 50.0 Å². The van der Waals surface area contributed by atoms with Crippen LogP contribution in [0.4, 0.5) is 0 Å². The van der Waals surface area contributed by atoms with Crippen molar-refractivity contribution >= 4 is 13.7 Å². The number of rotatable bonds is 36. The molecule has 1 aliphatic carbocycles. The molecule has 56 heavy (non-hydrogen) atoms. The molecule has 9 N–H and O–H groups in total. The van der Waals surface area contributed by atoms with E-state index in [4.69, 9.17) is 9.05 Å². The molecule has 0 heterocycles. The summed E-state index contributed by atoms with van der Waals surface area (Å²) in [6, 6.07) is -1.23. The lowest BCUT2D eigenvalue weighted by molar-refractivity contribution is -0.220. The molecule has 332 valence electrons. The highest BCUT2D eigenvalue weighted by Crippen LogP contribution is 2.47. The first-order valence-corrected chi connectivity index (χ1v) is 23.7. The van der Waals surface area contributed by atoms with E-state index in [1.807, 2.05) is 0 Å². The maximum absolute atomic E-state index is 12.9. The zero-order valence-corrected chi connectivity index (χ0v) is 35.7. The first-order valence-electron chi connectivity index (χ1n) is 22.2. The number of hydrogen-bond donors (Lipinski definition) is 9. The molecule has 14 heteroatoms. The van der Waals surface area contributed by atoms with E-state index >= 15 is 0 Å². The summed E-state index contributed by atoms with van der Waals surface area (Å²) in [6.45, 7) is 3.67. The van der Waals surface area contributed by atoms with Crippen LogP contribution in [0.5, 0.6) is 0 Å². The van der Waals surface area contributed by atoms with E-state index in [2.05, 4.69) is 19.2 Å². The van der Waals surface area contributed by atoms with E-state index in [-0.39, 0.29) is 6.42 Å². The standard InChI is InChI=1S/C42H82NO12P/c1-3-5-7-9-11-13-14-15-16-17-18-19-20-21-22-23-25-27-29-33(44)31-36(46)43-34(35(45)30-28-26-24-12-10-8-6-4-2)32-54-56(52,53)55-42-40(50)38(48)37(47)39(49)41(42)51/h28,30,33-35,37-42,44-45,47-51H,3-27,29,31-32H2,1-2H3,(H,43,46)(H,52,53)/b30-28+. The largest absolute Gasteiger partial charge is 0.472 e. The number of unbranched alkanes of at least 4 members (excludes halogenated alkanes) is 23. The molecule has 8 unspecified atom stereocenters. The van der Waals surface area contributed by atoms with Gasteiger partial charge in [0.2, 0.25) is 5.91 Å². The maximum atomic E-state index is 12.9. The molecule has 1 aliphatic rings. The Morgan fingerprint density at radius 3 is 1.46 bits per heavy atom. The monoisotopic (exact) mass is 824 g/mol. The predicted octanol–water partition coefficient (Wildman–Crippen LogP) is 6.64. The molecular formula is C42H82NO12P. The zero-order valence-electron chi connectivity index (χ0n) is 34.8. The fourth-order valence-electron chi connectivity index (χ4n) is 7.18. The second-order valence-corrected chi connectivity index (χ2v) is 17.5. The number of allylic oxidation sites excluding steroid dienone is 1. The lowest BCUT2D eigenvalue weighted by Gasteiger charge is -2.41. The average Bonchev–Trinajstić information content (AvgIpc) is 3.17. The van der Waals surface area contributed by atoms with Gasteiger partial charge in [-0.2, -0.15) is 0 Å². The number of phosphoric acid groups is 1. The third-order valence-corrected chi connectivity index (χ3v) is 11.9. The first kappa shape index (κ1) is 53.1. The van der Waals surface area contributed by atoms with Gasteiger partial charge in [-0.3, -0.25) is 13.8 Å². The van der Waals surface area contributed by atoms with Crippen molar-refractivity contribution < 1.29 is 59.0 Å². The van der Waals surface area contributed by atoms with Crippen LogP contribution in [0, 0.1) is 0 Å². The minimum atomic E-state index is -5.13. The third-order valence-electron chi connectivity index (χ3n) is 10.9. The van der Waals surface area contributed by atoms with E-state index in [0.29, 0.717) is 12.8 Å². The summed E-state index contributed by atoms with van der Waals surface area (Å²) in [5.74, 6) is -0.594. The number of aliphatic hydroxyl groups excluding tert-OH is 7. The molecule has 0 spiro atoms. The minimum absolute atomic E-state index is 0.241. The van der Waals surface area contributed by atoms with Gasteiger partial charge < -0.3 is 46.0 Å². The quantitative estimate of drug-likeness (QED) is 0.0184. The Kier molecular flexibility index (Phi) is 31.1. The van der Waals surface area contributed by atoms with Crippen LogP contribution in [0.25, 0.3) is 0 Å². The van der Waals surface area contributed by atoms with Crippen LogP contribution in [0.3, 0.4) is 0 Å². The summed E-state index contributed by atoms with van der Waals surface area (Å²) in [6.07, 6.45) is 19.1.